The molecule has 118 valence electrons. The molecule has 1 aromatic heterocycles. The second kappa shape index (κ2) is 7.21. The molecule has 0 bridgehead atoms. The molecule has 2 aromatic rings. The molecule has 3 rings (SSSR count). The predicted molar refractivity (Wildman–Crippen MR) is 82.3 cm³/mol. The van der Waals surface area contributed by atoms with E-state index in [2.05, 4.69) is 10.2 Å². The van der Waals surface area contributed by atoms with Crippen LogP contribution >= 0.6 is 11.8 Å². The van der Waals surface area contributed by atoms with E-state index in [1.54, 1.807) is 30.0 Å². The molecule has 22 heavy (non-hydrogen) atoms. The van der Waals surface area contributed by atoms with Gasteiger partial charge in [-0.25, -0.2) is 4.39 Å². The van der Waals surface area contributed by atoms with Gasteiger partial charge in [0.25, 0.3) is 0 Å². The van der Waals surface area contributed by atoms with Gasteiger partial charge < -0.3 is 9.84 Å². The third-order valence-electron chi connectivity index (χ3n) is 3.39. The molecule has 0 amide bonds. The molecule has 0 atom stereocenters. The average Bonchev–Trinajstić information content (AvgIpc) is 3.28. The Morgan fingerprint density at radius 2 is 2.09 bits per heavy atom. The van der Waals surface area contributed by atoms with Crippen LogP contribution in [0.4, 0.5) is 4.39 Å². The van der Waals surface area contributed by atoms with Gasteiger partial charge in [0, 0.05) is 11.8 Å². The summed E-state index contributed by atoms with van der Waals surface area (Å²) >= 11 is 1.55. The molecule has 0 unspecified atom stereocenters. The highest BCUT2D eigenvalue weighted by Crippen LogP contribution is 2.41. The van der Waals surface area contributed by atoms with Gasteiger partial charge in [0.2, 0.25) is 0 Å². The summed E-state index contributed by atoms with van der Waals surface area (Å²) in [4.78, 5) is 0. The molecule has 0 radical (unpaired) electrons. The summed E-state index contributed by atoms with van der Waals surface area (Å²) in [6.07, 6.45) is 2.15. The fourth-order valence-electron chi connectivity index (χ4n) is 2.22. The Kier molecular flexibility index (Phi) is 5.07. The van der Waals surface area contributed by atoms with Crippen molar-refractivity contribution in [3.8, 4) is 11.4 Å². The van der Waals surface area contributed by atoms with Crippen molar-refractivity contribution in [1.29, 1.82) is 0 Å². The molecule has 1 aliphatic carbocycles. The van der Waals surface area contributed by atoms with Crippen LogP contribution in [0.2, 0.25) is 0 Å². The summed E-state index contributed by atoms with van der Waals surface area (Å²) in [5, 5.41) is 17.9. The molecular weight excluding hydrogens is 305 g/mol. The Bertz CT molecular complexity index is 631. The fraction of sp³-hybridized carbons (Fsp3) is 0.467. The summed E-state index contributed by atoms with van der Waals surface area (Å²) in [5.74, 6) is 1.04. The highest BCUT2D eigenvalue weighted by Gasteiger charge is 2.30. The number of benzene rings is 1. The van der Waals surface area contributed by atoms with Gasteiger partial charge in [-0.3, -0.25) is 4.57 Å². The van der Waals surface area contributed by atoms with Crippen LogP contribution in [-0.4, -0.2) is 45.4 Å². The van der Waals surface area contributed by atoms with Crippen molar-refractivity contribution in [2.45, 2.75) is 24.0 Å². The lowest BCUT2D eigenvalue weighted by atomic mass is 10.2. The molecule has 5 nitrogen and oxygen atoms in total. The highest BCUT2D eigenvalue weighted by molar-refractivity contribution is 7.99. The van der Waals surface area contributed by atoms with Crippen molar-refractivity contribution in [3.63, 3.8) is 0 Å². The fourth-order valence-corrected chi connectivity index (χ4v) is 3.08. The Morgan fingerprint density at radius 1 is 1.27 bits per heavy atom. The predicted octanol–water partition coefficient (Wildman–Crippen LogP) is 2.52. The number of ether oxygens (including phenoxy) is 1. The standard InChI is InChI=1S/C15H18FN3O2S/c16-13-4-2-1-3-12(13)14-17-18-15(19(14)11-5-6-11)22-10-9-21-8-7-20/h1-4,11,20H,5-10H2. The van der Waals surface area contributed by atoms with Gasteiger partial charge in [-0.15, -0.1) is 10.2 Å². The maximum atomic E-state index is 14.0. The Morgan fingerprint density at radius 3 is 2.82 bits per heavy atom. The van der Waals surface area contributed by atoms with E-state index in [0.717, 1.165) is 23.8 Å². The van der Waals surface area contributed by atoms with E-state index in [9.17, 15) is 4.39 Å². The SMILES string of the molecule is OCCOCCSc1nnc(-c2ccccc2F)n1C1CC1. The van der Waals surface area contributed by atoms with Crippen LogP contribution < -0.4 is 0 Å². The summed E-state index contributed by atoms with van der Waals surface area (Å²) in [7, 11) is 0. The minimum Gasteiger partial charge on any atom is -0.394 e. The monoisotopic (exact) mass is 323 g/mol. The molecule has 1 aliphatic rings. The number of aromatic nitrogens is 3. The van der Waals surface area contributed by atoms with Gasteiger partial charge in [-0.2, -0.15) is 0 Å². The molecule has 1 aromatic carbocycles. The van der Waals surface area contributed by atoms with Gasteiger partial charge >= 0.3 is 0 Å². The number of thioether (sulfide) groups is 1. The molecule has 1 N–H and O–H groups in total. The second-order valence-corrected chi connectivity index (χ2v) is 6.13. The number of hydrogen-bond donors (Lipinski definition) is 1. The van der Waals surface area contributed by atoms with Crippen molar-refractivity contribution in [2.75, 3.05) is 25.6 Å². The number of rotatable bonds is 8. The average molecular weight is 323 g/mol. The molecule has 0 aliphatic heterocycles. The van der Waals surface area contributed by atoms with Crippen molar-refractivity contribution in [3.05, 3.63) is 30.1 Å². The molecule has 1 fully saturated rings. The Labute approximate surface area is 132 Å². The summed E-state index contributed by atoms with van der Waals surface area (Å²) in [6.45, 7) is 0.911. The molecule has 1 saturated carbocycles. The molecule has 1 heterocycles. The molecule has 0 spiro atoms. The number of halogens is 1. The van der Waals surface area contributed by atoms with Crippen LogP contribution in [0.3, 0.4) is 0 Å². The van der Waals surface area contributed by atoms with Gasteiger partial charge in [0.1, 0.15) is 5.82 Å². The quantitative estimate of drug-likeness (QED) is 0.597. The largest absolute Gasteiger partial charge is 0.394 e. The van der Waals surface area contributed by atoms with Crippen LogP contribution in [0, 0.1) is 5.82 Å². The lowest BCUT2D eigenvalue weighted by Gasteiger charge is -2.09. The maximum Gasteiger partial charge on any atom is 0.191 e. The van der Waals surface area contributed by atoms with E-state index < -0.39 is 0 Å². The molecule has 7 heteroatoms. The van der Waals surface area contributed by atoms with Crippen molar-refractivity contribution in [1.82, 2.24) is 14.8 Å². The van der Waals surface area contributed by atoms with E-state index in [1.807, 2.05) is 4.57 Å². The van der Waals surface area contributed by atoms with Crippen LogP contribution in [0.5, 0.6) is 0 Å². The van der Waals surface area contributed by atoms with E-state index in [4.69, 9.17) is 9.84 Å². The Hall–Kier alpha value is -1.44. The number of nitrogens with zero attached hydrogens (tertiary/aromatic N) is 3. The minimum absolute atomic E-state index is 0.0281. The molecular formula is C15H18FN3O2S. The summed E-state index contributed by atoms with van der Waals surface area (Å²) in [5.41, 5.74) is 0.491. The van der Waals surface area contributed by atoms with Crippen LogP contribution in [-0.2, 0) is 4.74 Å². The first-order valence-electron chi connectivity index (χ1n) is 7.32. The first-order chi connectivity index (χ1) is 10.8. The van der Waals surface area contributed by atoms with E-state index in [-0.39, 0.29) is 12.4 Å². The van der Waals surface area contributed by atoms with Crippen LogP contribution in [0.15, 0.2) is 29.4 Å². The van der Waals surface area contributed by atoms with E-state index in [0.29, 0.717) is 30.6 Å². The van der Waals surface area contributed by atoms with E-state index in [1.165, 1.54) is 6.07 Å². The van der Waals surface area contributed by atoms with E-state index >= 15 is 0 Å². The summed E-state index contributed by atoms with van der Waals surface area (Å²) in [6, 6.07) is 7.02. The lowest BCUT2D eigenvalue weighted by Crippen LogP contribution is -2.04. The number of hydrogen-bond acceptors (Lipinski definition) is 5. The topological polar surface area (TPSA) is 60.2 Å². The first-order valence-corrected chi connectivity index (χ1v) is 8.31. The first kappa shape index (κ1) is 15.5. The lowest BCUT2D eigenvalue weighted by molar-refractivity contribution is 0.103. The zero-order chi connectivity index (χ0) is 15.4. The summed E-state index contributed by atoms with van der Waals surface area (Å²) < 4.78 is 21.3. The smallest absolute Gasteiger partial charge is 0.191 e. The zero-order valence-electron chi connectivity index (χ0n) is 12.1. The number of aliphatic hydroxyl groups excluding tert-OH is 1. The molecule has 0 saturated heterocycles. The van der Waals surface area contributed by atoms with Gasteiger partial charge in [-0.1, -0.05) is 23.9 Å². The third-order valence-corrected chi connectivity index (χ3v) is 4.29. The van der Waals surface area contributed by atoms with Gasteiger partial charge in [0.15, 0.2) is 11.0 Å². The maximum absolute atomic E-state index is 14.0. The van der Waals surface area contributed by atoms with Crippen molar-refractivity contribution >= 4 is 11.8 Å². The highest BCUT2D eigenvalue weighted by atomic mass is 32.2. The second-order valence-electron chi connectivity index (χ2n) is 5.07. The van der Waals surface area contributed by atoms with Crippen molar-refractivity contribution < 1.29 is 14.2 Å². The zero-order valence-corrected chi connectivity index (χ0v) is 12.9. The Balaban J connectivity index is 1.76. The van der Waals surface area contributed by atoms with Gasteiger partial charge in [-0.05, 0) is 25.0 Å². The van der Waals surface area contributed by atoms with Crippen molar-refractivity contribution in [2.24, 2.45) is 0 Å². The minimum atomic E-state index is -0.278. The third kappa shape index (κ3) is 3.48. The normalized spacial score (nSPS) is 14.5. The number of aliphatic hydroxyl groups is 1. The van der Waals surface area contributed by atoms with Crippen LogP contribution in [0.25, 0.3) is 11.4 Å². The van der Waals surface area contributed by atoms with Gasteiger partial charge in [0.05, 0.1) is 25.4 Å². The van der Waals surface area contributed by atoms with Crippen LogP contribution in [0.1, 0.15) is 18.9 Å².